The van der Waals surface area contributed by atoms with Gasteiger partial charge in [-0.2, -0.15) is 13.2 Å². The van der Waals surface area contributed by atoms with E-state index in [1.807, 2.05) is 18.7 Å². The van der Waals surface area contributed by atoms with E-state index in [2.05, 4.69) is 0 Å². The van der Waals surface area contributed by atoms with Gasteiger partial charge in [0, 0.05) is 31.5 Å². The molecule has 0 aromatic heterocycles. The van der Waals surface area contributed by atoms with Crippen molar-refractivity contribution in [1.82, 2.24) is 4.90 Å². The predicted octanol–water partition coefficient (Wildman–Crippen LogP) is 3.48. The largest absolute Gasteiger partial charge is 0.392 e. The Hall–Kier alpha value is -0.330. The Morgan fingerprint density at radius 1 is 1.17 bits per heavy atom. The van der Waals surface area contributed by atoms with Gasteiger partial charge in [-0.25, -0.2) is 0 Å². The molecule has 2 rings (SSSR count). The molecular weight excluding hydrogens is 307 g/mol. The molecule has 2 fully saturated rings. The molecule has 23 heavy (non-hydrogen) atoms. The summed E-state index contributed by atoms with van der Waals surface area (Å²) in [5, 5.41) is 20.9. The topological polar surface area (TPSA) is 43.7 Å². The van der Waals surface area contributed by atoms with Crippen LogP contribution in [0.3, 0.4) is 0 Å². The summed E-state index contributed by atoms with van der Waals surface area (Å²) in [6.07, 6.45) is -0.229. The number of aliphatic hydroxyl groups is 2. The maximum atomic E-state index is 12.7. The van der Waals surface area contributed by atoms with E-state index in [0.717, 1.165) is 19.3 Å². The zero-order valence-electron chi connectivity index (χ0n) is 14.1. The van der Waals surface area contributed by atoms with E-state index < -0.39 is 30.2 Å². The number of hydrogen-bond donors (Lipinski definition) is 2. The van der Waals surface area contributed by atoms with Crippen LogP contribution in [-0.4, -0.2) is 51.6 Å². The number of rotatable bonds is 5. The van der Waals surface area contributed by atoms with E-state index in [4.69, 9.17) is 0 Å². The first-order valence-electron chi connectivity index (χ1n) is 8.82. The fourth-order valence-corrected chi connectivity index (χ4v) is 4.50. The van der Waals surface area contributed by atoms with Crippen LogP contribution in [0.15, 0.2) is 0 Å². The Labute approximate surface area is 136 Å². The quantitative estimate of drug-likeness (QED) is 0.807. The second kappa shape index (κ2) is 7.28. The summed E-state index contributed by atoms with van der Waals surface area (Å²) in [6, 6.07) is -0.157. The van der Waals surface area contributed by atoms with Gasteiger partial charge in [-0.1, -0.05) is 19.3 Å². The van der Waals surface area contributed by atoms with Crippen LogP contribution in [0, 0.1) is 5.92 Å². The van der Waals surface area contributed by atoms with Gasteiger partial charge in [-0.15, -0.1) is 0 Å². The van der Waals surface area contributed by atoms with E-state index in [9.17, 15) is 23.4 Å². The lowest BCUT2D eigenvalue weighted by Crippen LogP contribution is -2.44. The monoisotopic (exact) mass is 337 g/mol. The van der Waals surface area contributed by atoms with Crippen LogP contribution in [0.5, 0.6) is 0 Å². The number of likely N-dealkylation sites (tertiary alicyclic amines) is 1. The van der Waals surface area contributed by atoms with Gasteiger partial charge in [0.1, 0.15) is 0 Å². The minimum atomic E-state index is -4.13. The molecule has 2 N–H and O–H groups in total. The van der Waals surface area contributed by atoms with Crippen LogP contribution in [0.1, 0.15) is 65.2 Å². The smallest absolute Gasteiger partial charge is 0.389 e. The van der Waals surface area contributed by atoms with Gasteiger partial charge in [0.15, 0.2) is 0 Å². The molecule has 0 spiro atoms. The second-order valence-corrected chi connectivity index (χ2v) is 7.74. The first kappa shape index (κ1) is 19.0. The van der Waals surface area contributed by atoms with Crippen molar-refractivity contribution in [3.63, 3.8) is 0 Å². The van der Waals surface area contributed by atoms with Crippen LogP contribution >= 0.6 is 0 Å². The molecule has 1 saturated heterocycles. The van der Waals surface area contributed by atoms with Gasteiger partial charge in [0.25, 0.3) is 0 Å². The molecule has 1 saturated carbocycles. The number of hydrogen-bond acceptors (Lipinski definition) is 3. The van der Waals surface area contributed by atoms with Crippen molar-refractivity contribution in [3.05, 3.63) is 0 Å². The maximum absolute atomic E-state index is 12.7. The summed E-state index contributed by atoms with van der Waals surface area (Å²) in [5.41, 5.74) is -0.796. The number of nitrogens with zero attached hydrogens (tertiary/aromatic N) is 1. The molecule has 2 aliphatic rings. The van der Waals surface area contributed by atoms with E-state index in [1.54, 1.807) is 0 Å². The Morgan fingerprint density at radius 2 is 1.78 bits per heavy atom. The molecule has 3 nitrogen and oxygen atoms in total. The highest BCUT2D eigenvalue weighted by atomic mass is 19.4. The number of aliphatic hydroxyl groups excluding tert-OH is 1. The molecule has 0 radical (unpaired) electrons. The molecule has 0 amide bonds. The Morgan fingerprint density at radius 3 is 2.35 bits per heavy atom. The average Bonchev–Trinajstić information content (AvgIpc) is 2.64. The second-order valence-electron chi connectivity index (χ2n) is 7.74. The third-order valence-electron chi connectivity index (χ3n) is 5.73. The summed E-state index contributed by atoms with van der Waals surface area (Å²) in [5.74, 6) is -0.407. The SMILES string of the molecule is CC1CC(CC(F)(F)F)C(C)N1CC(O)CC1(O)CCCCC1. The molecular formula is C17H30F3NO2. The summed E-state index contributed by atoms with van der Waals surface area (Å²) in [7, 11) is 0. The molecule has 0 aromatic carbocycles. The Kier molecular flexibility index (Phi) is 6.01. The van der Waals surface area contributed by atoms with Crippen LogP contribution in [-0.2, 0) is 0 Å². The summed E-state index contributed by atoms with van der Waals surface area (Å²) in [6.45, 7) is 4.09. The molecule has 6 heteroatoms. The highest BCUT2D eigenvalue weighted by molar-refractivity contribution is 4.93. The molecule has 4 atom stereocenters. The minimum absolute atomic E-state index is 0.0352. The van der Waals surface area contributed by atoms with Gasteiger partial charge in [-0.05, 0) is 39.0 Å². The summed E-state index contributed by atoms with van der Waals surface area (Å²) < 4.78 is 38.0. The molecule has 0 bridgehead atoms. The molecule has 136 valence electrons. The zero-order valence-corrected chi connectivity index (χ0v) is 14.1. The third kappa shape index (κ3) is 5.33. The fourth-order valence-electron chi connectivity index (χ4n) is 4.50. The van der Waals surface area contributed by atoms with Crippen molar-refractivity contribution in [1.29, 1.82) is 0 Å². The third-order valence-corrected chi connectivity index (χ3v) is 5.73. The van der Waals surface area contributed by atoms with Gasteiger partial charge in [0.2, 0.25) is 0 Å². The normalized spacial score (nSPS) is 33.8. The van der Waals surface area contributed by atoms with Crippen molar-refractivity contribution in [2.75, 3.05) is 6.54 Å². The van der Waals surface area contributed by atoms with Crippen molar-refractivity contribution >= 4 is 0 Å². The minimum Gasteiger partial charge on any atom is -0.392 e. The van der Waals surface area contributed by atoms with Gasteiger partial charge in [-0.3, -0.25) is 4.90 Å². The average molecular weight is 337 g/mol. The molecule has 1 aliphatic carbocycles. The summed E-state index contributed by atoms with van der Waals surface area (Å²) >= 11 is 0. The molecule has 1 heterocycles. The fraction of sp³-hybridized carbons (Fsp3) is 1.00. The van der Waals surface area contributed by atoms with Crippen LogP contribution in [0.2, 0.25) is 0 Å². The molecule has 0 aromatic rings. The summed E-state index contributed by atoms with van der Waals surface area (Å²) in [4.78, 5) is 1.98. The van der Waals surface area contributed by atoms with E-state index in [1.165, 1.54) is 0 Å². The van der Waals surface area contributed by atoms with Crippen molar-refractivity contribution in [2.45, 2.75) is 95.2 Å². The van der Waals surface area contributed by atoms with E-state index in [-0.39, 0.29) is 12.1 Å². The number of alkyl halides is 3. The number of halogens is 3. The van der Waals surface area contributed by atoms with Gasteiger partial charge in [0.05, 0.1) is 11.7 Å². The van der Waals surface area contributed by atoms with Crippen LogP contribution in [0.25, 0.3) is 0 Å². The van der Waals surface area contributed by atoms with Crippen molar-refractivity contribution in [2.24, 2.45) is 5.92 Å². The molecule has 1 aliphatic heterocycles. The van der Waals surface area contributed by atoms with Crippen LogP contribution in [0.4, 0.5) is 13.2 Å². The highest BCUT2D eigenvalue weighted by Crippen LogP contribution is 2.38. The first-order chi connectivity index (χ1) is 10.6. The lowest BCUT2D eigenvalue weighted by Gasteiger charge is -2.36. The van der Waals surface area contributed by atoms with Crippen molar-refractivity contribution in [3.8, 4) is 0 Å². The van der Waals surface area contributed by atoms with E-state index in [0.29, 0.717) is 32.2 Å². The standard InChI is InChI=1S/C17H30F3NO2/c1-12-8-14(9-17(18,19)20)13(2)21(12)11-15(22)10-16(23)6-4-3-5-7-16/h12-15,22-23H,3-11H2,1-2H3. The lowest BCUT2D eigenvalue weighted by molar-refractivity contribution is -0.145. The van der Waals surface area contributed by atoms with Crippen molar-refractivity contribution < 1.29 is 23.4 Å². The zero-order chi connectivity index (χ0) is 17.3. The first-order valence-corrected chi connectivity index (χ1v) is 8.82. The Balaban J connectivity index is 1.88. The predicted molar refractivity (Wildman–Crippen MR) is 83.1 cm³/mol. The number of β-amino-alcohol motifs (C(OH)–C–C–N with tert-alkyl or cyclic N) is 1. The highest BCUT2D eigenvalue weighted by Gasteiger charge is 2.43. The maximum Gasteiger partial charge on any atom is 0.389 e. The lowest BCUT2D eigenvalue weighted by atomic mass is 9.81. The Bertz CT molecular complexity index is 383. The van der Waals surface area contributed by atoms with Crippen LogP contribution < -0.4 is 0 Å². The van der Waals surface area contributed by atoms with Gasteiger partial charge < -0.3 is 10.2 Å². The van der Waals surface area contributed by atoms with Gasteiger partial charge >= 0.3 is 6.18 Å². The molecule has 4 unspecified atom stereocenters. The van der Waals surface area contributed by atoms with E-state index >= 15 is 0 Å².